The van der Waals surface area contributed by atoms with Gasteiger partial charge in [-0.25, -0.2) is 0 Å². The van der Waals surface area contributed by atoms with Crippen LogP contribution in [-0.4, -0.2) is 33.3 Å². The Hall–Kier alpha value is -1.72. The molecule has 0 saturated carbocycles. The molecule has 0 aliphatic heterocycles. The summed E-state index contributed by atoms with van der Waals surface area (Å²) in [5, 5.41) is 13.4. The molecule has 3 rings (SSSR count). The number of benzene rings is 1. The molecule has 130 valence electrons. The van der Waals surface area contributed by atoms with Crippen LogP contribution in [0.25, 0.3) is 0 Å². The monoisotopic (exact) mass is 329 g/mol. The molecule has 1 aliphatic carbocycles. The fourth-order valence-electron chi connectivity index (χ4n) is 3.33. The minimum absolute atomic E-state index is 0.113. The number of aliphatic hydroxyl groups excluding tert-OH is 1. The summed E-state index contributed by atoms with van der Waals surface area (Å²) in [6, 6.07) is 8.99. The van der Waals surface area contributed by atoms with Crippen molar-refractivity contribution in [3.8, 4) is 0 Å². The van der Waals surface area contributed by atoms with E-state index in [0.717, 1.165) is 31.6 Å². The zero-order valence-electron chi connectivity index (χ0n) is 14.8. The summed E-state index contributed by atoms with van der Waals surface area (Å²) >= 11 is 0. The van der Waals surface area contributed by atoms with Crippen LogP contribution in [0.3, 0.4) is 0 Å². The van der Waals surface area contributed by atoms with Crippen LogP contribution in [0.4, 0.5) is 0 Å². The molecule has 1 N–H and O–H groups in total. The molecule has 1 heterocycles. The van der Waals surface area contributed by atoms with Crippen molar-refractivity contribution in [3.63, 3.8) is 0 Å². The first-order valence-corrected chi connectivity index (χ1v) is 8.75. The standard InChI is InChI=1S/C19H27N3O2/c1-19(2,3)18-20-17(24-21-18)13-22(11-6-12-23)16-10-9-14-7-4-5-8-15(14)16/h4-5,7-8,16,23H,6,9-13H2,1-3H3. The van der Waals surface area contributed by atoms with Gasteiger partial charge < -0.3 is 9.63 Å². The van der Waals surface area contributed by atoms with Gasteiger partial charge in [-0.05, 0) is 30.4 Å². The minimum Gasteiger partial charge on any atom is -0.396 e. The normalized spacial score (nSPS) is 17.5. The van der Waals surface area contributed by atoms with E-state index < -0.39 is 0 Å². The number of aryl methyl sites for hydroxylation is 1. The molecule has 0 fully saturated rings. The molecule has 5 heteroatoms. The fraction of sp³-hybridized carbons (Fsp3) is 0.579. The van der Waals surface area contributed by atoms with Gasteiger partial charge in [-0.1, -0.05) is 50.2 Å². The van der Waals surface area contributed by atoms with Gasteiger partial charge in [0.05, 0.1) is 6.54 Å². The van der Waals surface area contributed by atoms with E-state index in [9.17, 15) is 5.11 Å². The van der Waals surface area contributed by atoms with Crippen molar-refractivity contribution in [2.75, 3.05) is 13.2 Å². The van der Waals surface area contributed by atoms with E-state index in [1.165, 1.54) is 11.1 Å². The largest absolute Gasteiger partial charge is 0.396 e. The molecule has 0 radical (unpaired) electrons. The second-order valence-corrected chi connectivity index (χ2v) is 7.56. The van der Waals surface area contributed by atoms with E-state index in [2.05, 4.69) is 60.1 Å². The molecule has 2 aromatic rings. The average molecular weight is 329 g/mol. The lowest BCUT2D eigenvalue weighted by Crippen LogP contribution is -2.29. The van der Waals surface area contributed by atoms with Crippen LogP contribution in [0.1, 0.15) is 62.5 Å². The third-order valence-electron chi connectivity index (χ3n) is 4.62. The van der Waals surface area contributed by atoms with Gasteiger partial charge in [-0.2, -0.15) is 4.98 Å². The molecule has 0 bridgehead atoms. The van der Waals surface area contributed by atoms with E-state index in [1.54, 1.807) is 0 Å². The van der Waals surface area contributed by atoms with E-state index in [1.807, 2.05) is 0 Å². The Bertz CT molecular complexity index is 675. The second-order valence-electron chi connectivity index (χ2n) is 7.56. The van der Waals surface area contributed by atoms with Gasteiger partial charge in [0.1, 0.15) is 0 Å². The third-order valence-corrected chi connectivity index (χ3v) is 4.62. The molecule has 0 saturated heterocycles. The van der Waals surface area contributed by atoms with E-state index >= 15 is 0 Å². The lowest BCUT2D eigenvalue weighted by molar-refractivity contribution is 0.147. The van der Waals surface area contributed by atoms with Crippen molar-refractivity contribution < 1.29 is 9.63 Å². The molecular weight excluding hydrogens is 302 g/mol. The molecule has 0 amide bonds. The van der Waals surface area contributed by atoms with E-state index in [4.69, 9.17) is 4.52 Å². The number of hydrogen-bond acceptors (Lipinski definition) is 5. The van der Waals surface area contributed by atoms with Gasteiger partial charge in [-0.15, -0.1) is 0 Å². The third kappa shape index (κ3) is 3.68. The molecule has 1 unspecified atom stereocenters. The molecule has 1 aliphatic rings. The predicted molar refractivity (Wildman–Crippen MR) is 92.6 cm³/mol. The van der Waals surface area contributed by atoms with Gasteiger partial charge in [-0.3, -0.25) is 4.90 Å². The number of hydrogen-bond donors (Lipinski definition) is 1. The number of fused-ring (bicyclic) bond motifs is 1. The SMILES string of the molecule is CC(C)(C)c1noc(CN(CCCO)C2CCc3ccccc32)n1. The quantitative estimate of drug-likeness (QED) is 0.881. The maximum atomic E-state index is 9.25. The van der Waals surface area contributed by atoms with Gasteiger partial charge in [0, 0.05) is 24.6 Å². The Morgan fingerprint density at radius 1 is 1.29 bits per heavy atom. The maximum Gasteiger partial charge on any atom is 0.240 e. The summed E-state index contributed by atoms with van der Waals surface area (Å²) in [7, 11) is 0. The van der Waals surface area contributed by atoms with Crippen LogP contribution in [0.15, 0.2) is 28.8 Å². The molecule has 1 atom stereocenters. The second kappa shape index (κ2) is 7.03. The van der Waals surface area contributed by atoms with Crippen molar-refractivity contribution in [1.29, 1.82) is 0 Å². The molecule has 1 aromatic heterocycles. The van der Waals surface area contributed by atoms with E-state index in [0.29, 0.717) is 18.5 Å². The van der Waals surface area contributed by atoms with Crippen LogP contribution in [-0.2, 0) is 18.4 Å². The predicted octanol–water partition coefficient (Wildman–Crippen LogP) is 3.24. The molecule has 1 aromatic carbocycles. The Labute approximate surface area is 143 Å². The van der Waals surface area contributed by atoms with Gasteiger partial charge in [0.2, 0.25) is 5.89 Å². The van der Waals surface area contributed by atoms with Crippen LogP contribution in [0.5, 0.6) is 0 Å². The Morgan fingerprint density at radius 2 is 2.08 bits per heavy atom. The summed E-state index contributed by atoms with van der Waals surface area (Å²) in [5.74, 6) is 1.40. The summed E-state index contributed by atoms with van der Waals surface area (Å²) in [4.78, 5) is 6.94. The first-order valence-electron chi connectivity index (χ1n) is 8.75. The van der Waals surface area contributed by atoms with Crippen LogP contribution in [0.2, 0.25) is 0 Å². The van der Waals surface area contributed by atoms with Crippen LogP contribution >= 0.6 is 0 Å². The Balaban J connectivity index is 1.79. The van der Waals surface area contributed by atoms with Crippen molar-refractivity contribution in [2.45, 2.75) is 58.0 Å². The van der Waals surface area contributed by atoms with Crippen molar-refractivity contribution in [3.05, 3.63) is 47.1 Å². The zero-order chi connectivity index (χ0) is 17.2. The number of nitrogens with zero attached hydrogens (tertiary/aromatic N) is 3. The van der Waals surface area contributed by atoms with Crippen molar-refractivity contribution in [2.24, 2.45) is 0 Å². The topological polar surface area (TPSA) is 62.4 Å². The highest BCUT2D eigenvalue weighted by Crippen LogP contribution is 2.36. The van der Waals surface area contributed by atoms with Crippen molar-refractivity contribution >= 4 is 0 Å². The number of rotatable bonds is 6. The molecule has 0 spiro atoms. The highest BCUT2D eigenvalue weighted by atomic mass is 16.5. The summed E-state index contributed by atoms with van der Waals surface area (Å²) in [5.41, 5.74) is 2.71. The highest BCUT2D eigenvalue weighted by Gasteiger charge is 2.29. The lowest BCUT2D eigenvalue weighted by Gasteiger charge is -2.28. The summed E-state index contributed by atoms with van der Waals surface area (Å²) in [6.07, 6.45) is 2.96. The Kier molecular flexibility index (Phi) is 5.01. The smallest absolute Gasteiger partial charge is 0.240 e. The average Bonchev–Trinajstić information content (AvgIpc) is 3.18. The van der Waals surface area contributed by atoms with Crippen LogP contribution < -0.4 is 0 Å². The molecule has 24 heavy (non-hydrogen) atoms. The maximum absolute atomic E-state index is 9.25. The molecular formula is C19H27N3O2. The van der Waals surface area contributed by atoms with E-state index in [-0.39, 0.29) is 12.0 Å². The molecule has 5 nitrogen and oxygen atoms in total. The number of aliphatic hydroxyl groups is 1. The first-order chi connectivity index (χ1) is 11.5. The van der Waals surface area contributed by atoms with Crippen LogP contribution in [0, 0.1) is 0 Å². The summed E-state index contributed by atoms with van der Waals surface area (Å²) < 4.78 is 5.48. The first kappa shape index (κ1) is 17.1. The summed E-state index contributed by atoms with van der Waals surface area (Å²) in [6.45, 7) is 7.89. The minimum atomic E-state index is -0.113. The van der Waals surface area contributed by atoms with Crippen molar-refractivity contribution in [1.82, 2.24) is 15.0 Å². The fourth-order valence-corrected chi connectivity index (χ4v) is 3.33. The van der Waals surface area contributed by atoms with Gasteiger partial charge in [0.15, 0.2) is 5.82 Å². The van der Waals surface area contributed by atoms with Gasteiger partial charge >= 0.3 is 0 Å². The van der Waals surface area contributed by atoms with Gasteiger partial charge in [0.25, 0.3) is 0 Å². The zero-order valence-corrected chi connectivity index (χ0v) is 14.8. The lowest BCUT2D eigenvalue weighted by atomic mass is 9.96. The Morgan fingerprint density at radius 3 is 2.79 bits per heavy atom. The number of aromatic nitrogens is 2. The highest BCUT2D eigenvalue weighted by molar-refractivity contribution is 5.34.